The van der Waals surface area contributed by atoms with Gasteiger partial charge in [0.05, 0.1) is 6.54 Å². The standard InChI is InChI=1S/C6H10F2N4/c7-6(8,3-9)1-2-12-5-10-4-11-12/h4-5H,1-3,9H2. The van der Waals surface area contributed by atoms with Crippen molar-refractivity contribution in [1.82, 2.24) is 14.8 Å². The van der Waals surface area contributed by atoms with E-state index in [9.17, 15) is 8.78 Å². The highest BCUT2D eigenvalue weighted by molar-refractivity contribution is 4.67. The number of nitrogens with two attached hydrogens (primary N) is 1. The van der Waals surface area contributed by atoms with E-state index in [1.165, 1.54) is 17.3 Å². The van der Waals surface area contributed by atoms with Gasteiger partial charge in [0.1, 0.15) is 12.7 Å². The van der Waals surface area contributed by atoms with E-state index in [1.54, 1.807) is 0 Å². The van der Waals surface area contributed by atoms with Crippen molar-refractivity contribution in [3.63, 3.8) is 0 Å². The maximum absolute atomic E-state index is 12.6. The molecule has 0 saturated carbocycles. The van der Waals surface area contributed by atoms with Gasteiger partial charge in [-0.2, -0.15) is 5.10 Å². The number of aryl methyl sites for hydroxylation is 1. The minimum absolute atomic E-state index is 0.143. The molecular weight excluding hydrogens is 166 g/mol. The number of rotatable bonds is 4. The number of alkyl halides is 2. The molecule has 6 heteroatoms. The van der Waals surface area contributed by atoms with Crippen molar-refractivity contribution in [3.8, 4) is 0 Å². The van der Waals surface area contributed by atoms with E-state index in [1.807, 2.05) is 0 Å². The van der Waals surface area contributed by atoms with Crippen molar-refractivity contribution in [2.24, 2.45) is 5.73 Å². The highest BCUT2D eigenvalue weighted by Crippen LogP contribution is 2.16. The maximum atomic E-state index is 12.6. The summed E-state index contributed by atoms with van der Waals surface area (Å²) in [7, 11) is 0. The molecule has 1 rings (SSSR count). The van der Waals surface area contributed by atoms with Crippen LogP contribution in [0, 0.1) is 0 Å². The van der Waals surface area contributed by atoms with Gasteiger partial charge >= 0.3 is 0 Å². The molecule has 0 aliphatic rings. The van der Waals surface area contributed by atoms with Crippen LogP contribution in [0.15, 0.2) is 12.7 Å². The zero-order valence-electron chi connectivity index (χ0n) is 6.45. The predicted octanol–water partition coefficient (Wildman–Crippen LogP) is 0.262. The fraction of sp³-hybridized carbons (Fsp3) is 0.667. The molecule has 0 aliphatic carbocycles. The van der Waals surface area contributed by atoms with E-state index in [0.717, 1.165) is 0 Å². The first-order valence-electron chi connectivity index (χ1n) is 3.54. The van der Waals surface area contributed by atoms with Crippen LogP contribution in [-0.4, -0.2) is 27.2 Å². The molecule has 4 nitrogen and oxygen atoms in total. The summed E-state index contributed by atoms with van der Waals surface area (Å²) >= 11 is 0. The third kappa shape index (κ3) is 2.54. The minimum Gasteiger partial charge on any atom is -0.325 e. The van der Waals surface area contributed by atoms with Gasteiger partial charge in [-0.3, -0.25) is 4.68 Å². The Labute approximate surface area is 68.4 Å². The highest BCUT2D eigenvalue weighted by atomic mass is 19.3. The Morgan fingerprint density at radius 2 is 2.25 bits per heavy atom. The van der Waals surface area contributed by atoms with E-state index in [-0.39, 0.29) is 13.0 Å². The van der Waals surface area contributed by atoms with Gasteiger partial charge in [0.15, 0.2) is 0 Å². The first-order valence-corrected chi connectivity index (χ1v) is 3.54. The van der Waals surface area contributed by atoms with Gasteiger partial charge in [-0.05, 0) is 0 Å². The molecule has 0 unspecified atom stereocenters. The lowest BCUT2D eigenvalue weighted by Gasteiger charge is -2.12. The summed E-state index contributed by atoms with van der Waals surface area (Å²) in [4.78, 5) is 3.62. The molecule has 1 aromatic rings. The molecule has 0 aromatic carbocycles. The fourth-order valence-corrected chi connectivity index (χ4v) is 0.728. The van der Waals surface area contributed by atoms with Crippen LogP contribution < -0.4 is 5.73 Å². The van der Waals surface area contributed by atoms with E-state index in [2.05, 4.69) is 10.1 Å². The zero-order chi connectivity index (χ0) is 9.03. The van der Waals surface area contributed by atoms with E-state index in [0.29, 0.717) is 0 Å². The summed E-state index contributed by atoms with van der Waals surface area (Å²) < 4.78 is 26.5. The molecule has 1 aromatic heterocycles. The second kappa shape index (κ2) is 3.57. The van der Waals surface area contributed by atoms with E-state index >= 15 is 0 Å². The molecule has 0 radical (unpaired) electrons. The van der Waals surface area contributed by atoms with Gasteiger partial charge in [0.2, 0.25) is 0 Å². The first kappa shape index (κ1) is 9.05. The molecule has 0 bridgehead atoms. The molecule has 0 amide bonds. The van der Waals surface area contributed by atoms with Crippen molar-refractivity contribution in [2.75, 3.05) is 6.54 Å². The van der Waals surface area contributed by atoms with Crippen LogP contribution in [0.3, 0.4) is 0 Å². The molecule has 0 atom stereocenters. The Hall–Kier alpha value is -1.04. The zero-order valence-corrected chi connectivity index (χ0v) is 6.45. The monoisotopic (exact) mass is 176 g/mol. The number of nitrogens with zero attached hydrogens (tertiary/aromatic N) is 3. The molecular formula is C6H10F2N4. The smallest absolute Gasteiger partial charge is 0.261 e. The Bertz CT molecular complexity index is 221. The van der Waals surface area contributed by atoms with Crippen LogP contribution >= 0.6 is 0 Å². The van der Waals surface area contributed by atoms with Gasteiger partial charge < -0.3 is 5.73 Å². The van der Waals surface area contributed by atoms with Crippen LogP contribution in [0.25, 0.3) is 0 Å². The van der Waals surface area contributed by atoms with Crippen LogP contribution in [0.2, 0.25) is 0 Å². The van der Waals surface area contributed by atoms with Gasteiger partial charge in [0, 0.05) is 13.0 Å². The van der Waals surface area contributed by atoms with E-state index < -0.39 is 12.5 Å². The lowest BCUT2D eigenvalue weighted by molar-refractivity contribution is -0.00280. The number of hydrogen-bond donors (Lipinski definition) is 1. The quantitative estimate of drug-likeness (QED) is 0.716. The molecule has 68 valence electrons. The lowest BCUT2D eigenvalue weighted by Crippen LogP contribution is -2.29. The lowest BCUT2D eigenvalue weighted by atomic mass is 10.2. The fourth-order valence-electron chi connectivity index (χ4n) is 0.728. The normalized spacial score (nSPS) is 11.9. The first-order chi connectivity index (χ1) is 5.64. The SMILES string of the molecule is NCC(F)(F)CCn1cncn1. The average Bonchev–Trinajstić information content (AvgIpc) is 2.53. The third-order valence-electron chi connectivity index (χ3n) is 1.47. The van der Waals surface area contributed by atoms with Crippen LogP contribution in [-0.2, 0) is 6.54 Å². The summed E-state index contributed by atoms with van der Waals surface area (Å²) in [6.45, 7) is -0.480. The summed E-state index contributed by atoms with van der Waals surface area (Å²) in [6.07, 6.45) is 2.40. The molecule has 0 fully saturated rings. The Kier molecular flexibility index (Phi) is 2.69. The van der Waals surface area contributed by atoms with Gasteiger partial charge in [-0.1, -0.05) is 0 Å². The topological polar surface area (TPSA) is 56.7 Å². The third-order valence-corrected chi connectivity index (χ3v) is 1.47. The average molecular weight is 176 g/mol. The predicted molar refractivity (Wildman–Crippen MR) is 38.6 cm³/mol. The molecule has 2 N–H and O–H groups in total. The summed E-state index contributed by atoms with van der Waals surface area (Å²) in [5, 5.41) is 3.69. The Morgan fingerprint density at radius 1 is 1.50 bits per heavy atom. The Morgan fingerprint density at radius 3 is 2.75 bits per heavy atom. The summed E-state index contributed by atoms with van der Waals surface area (Å²) in [6, 6.07) is 0. The van der Waals surface area contributed by atoms with Crippen molar-refractivity contribution >= 4 is 0 Å². The number of aromatic nitrogens is 3. The van der Waals surface area contributed by atoms with Crippen molar-refractivity contribution in [2.45, 2.75) is 18.9 Å². The second-order valence-electron chi connectivity index (χ2n) is 2.47. The van der Waals surface area contributed by atoms with E-state index in [4.69, 9.17) is 5.73 Å². The maximum Gasteiger partial charge on any atom is 0.261 e. The largest absolute Gasteiger partial charge is 0.325 e. The highest BCUT2D eigenvalue weighted by Gasteiger charge is 2.26. The molecule has 0 saturated heterocycles. The van der Waals surface area contributed by atoms with Gasteiger partial charge in [-0.25, -0.2) is 13.8 Å². The van der Waals surface area contributed by atoms with Gasteiger partial charge in [-0.15, -0.1) is 0 Å². The number of halogens is 2. The van der Waals surface area contributed by atoms with Crippen molar-refractivity contribution in [1.29, 1.82) is 0 Å². The van der Waals surface area contributed by atoms with Crippen molar-refractivity contribution < 1.29 is 8.78 Å². The molecule has 12 heavy (non-hydrogen) atoms. The number of hydrogen-bond acceptors (Lipinski definition) is 3. The van der Waals surface area contributed by atoms with Crippen LogP contribution in [0.1, 0.15) is 6.42 Å². The van der Waals surface area contributed by atoms with Crippen LogP contribution in [0.4, 0.5) is 8.78 Å². The van der Waals surface area contributed by atoms with Gasteiger partial charge in [0.25, 0.3) is 5.92 Å². The minimum atomic E-state index is -2.80. The summed E-state index contributed by atoms with van der Waals surface area (Å²) in [5.41, 5.74) is 4.85. The summed E-state index contributed by atoms with van der Waals surface area (Å²) in [5.74, 6) is -2.80. The molecule has 0 aliphatic heterocycles. The second-order valence-corrected chi connectivity index (χ2v) is 2.47. The Balaban J connectivity index is 2.36. The van der Waals surface area contributed by atoms with Crippen molar-refractivity contribution in [3.05, 3.63) is 12.7 Å². The van der Waals surface area contributed by atoms with Crippen LogP contribution in [0.5, 0.6) is 0 Å². The molecule has 1 heterocycles. The molecule has 0 spiro atoms.